The summed E-state index contributed by atoms with van der Waals surface area (Å²) in [6, 6.07) is 25.0. The van der Waals surface area contributed by atoms with Gasteiger partial charge in [0.05, 0.1) is 27.7 Å². The van der Waals surface area contributed by atoms with E-state index in [9.17, 15) is 13.2 Å². The van der Waals surface area contributed by atoms with Crippen LogP contribution in [0.1, 0.15) is 27.8 Å². The number of rotatable bonds is 10. The van der Waals surface area contributed by atoms with Gasteiger partial charge in [0.2, 0.25) is 10.0 Å². The monoisotopic (exact) mass is 609 g/mol. The third-order valence-corrected chi connectivity index (χ3v) is 8.94. The largest absolute Gasteiger partial charge is 0.457 e. The first-order valence-corrected chi connectivity index (χ1v) is 14.9. The quantitative estimate of drug-likeness (QED) is 0.154. The number of ether oxygens (including phenoxy) is 1. The van der Waals surface area contributed by atoms with E-state index >= 15 is 0 Å². The number of nitrogens with zero attached hydrogens (tertiary/aromatic N) is 2. The van der Waals surface area contributed by atoms with Crippen LogP contribution in [0.25, 0.3) is 0 Å². The van der Waals surface area contributed by atoms with Gasteiger partial charge in [-0.3, -0.25) is 4.79 Å². The van der Waals surface area contributed by atoms with Crippen molar-refractivity contribution in [3.05, 3.63) is 123 Å². The molecule has 0 radical (unpaired) electrons. The smallest absolute Gasteiger partial charge is 0.255 e. The number of hydrogen-bond donors (Lipinski definition) is 1. The maximum atomic E-state index is 13.9. The Kier molecular flexibility index (Phi) is 9.83. The summed E-state index contributed by atoms with van der Waals surface area (Å²) in [5.41, 5.74) is 5.84. The van der Waals surface area contributed by atoms with Gasteiger partial charge in [0.15, 0.2) is 0 Å². The van der Waals surface area contributed by atoms with E-state index in [1.807, 2.05) is 43.3 Å². The van der Waals surface area contributed by atoms with Gasteiger partial charge < -0.3 is 4.74 Å². The highest BCUT2D eigenvalue weighted by molar-refractivity contribution is 7.89. The number of benzene rings is 4. The lowest BCUT2D eigenvalue weighted by Gasteiger charge is -2.24. The van der Waals surface area contributed by atoms with Crippen molar-refractivity contribution >= 4 is 45.3 Å². The molecule has 0 saturated heterocycles. The van der Waals surface area contributed by atoms with Crippen LogP contribution in [0.4, 0.5) is 0 Å². The maximum absolute atomic E-state index is 13.9. The van der Waals surface area contributed by atoms with Gasteiger partial charge in [-0.15, -0.1) is 0 Å². The van der Waals surface area contributed by atoms with Crippen molar-refractivity contribution in [2.75, 3.05) is 6.54 Å². The van der Waals surface area contributed by atoms with E-state index in [2.05, 4.69) is 10.5 Å². The summed E-state index contributed by atoms with van der Waals surface area (Å²) in [6.45, 7) is 4.82. The Bertz CT molecular complexity index is 1670. The molecule has 4 aromatic carbocycles. The molecule has 41 heavy (non-hydrogen) atoms. The van der Waals surface area contributed by atoms with E-state index in [-0.39, 0.29) is 16.5 Å². The van der Waals surface area contributed by atoms with E-state index in [0.717, 1.165) is 9.87 Å². The van der Waals surface area contributed by atoms with Crippen molar-refractivity contribution in [2.45, 2.75) is 32.2 Å². The minimum Gasteiger partial charge on any atom is -0.457 e. The zero-order valence-electron chi connectivity index (χ0n) is 22.8. The van der Waals surface area contributed by atoms with Crippen LogP contribution in [-0.2, 0) is 21.4 Å². The Balaban J connectivity index is 1.53. The number of carbonyl (C=O) groups excluding carboxylic acids is 1. The highest BCUT2D eigenvalue weighted by Crippen LogP contribution is 2.28. The molecular weight excluding hydrogens is 581 g/mol. The lowest BCUT2D eigenvalue weighted by atomic mass is 10.1. The minimum atomic E-state index is -4.08. The van der Waals surface area contributed by atoms with E-state index in [4.69, 9.17) is 27.9 Å². The number of hydrazone groups is 1. The van der Waals surface area contributed by atoms with Crippen molar-refractivity contribution < 1.29 is 17.9 Å². The SMILES string of the molecule is Cc1cc(C)c(S(=O)(=O)N(CC(=O)N/N=C/c2cccc(Oc3ccccc3)c2)Cc2ccc(Cl)c(Cl)c2)c(C)c1. The molecule has 0 aliphatic heterocycles. The van der Waals surface area contributed by atoms with Crippen molar-refractivity contribution in [3.8, 4) is 11.5 Å². The Labute approximate surface area is 250 Å². The van der Waals surface area contributed by atoms with Gasteiger partial charge in [-0.1, -0.05) is 77.3 Å². The maximum Gasteiger partial charge on any atom is 0.255 e. The molecule has 4 rings (SSSR count). The van der Waals surface area contributed by atoms with Crippen LogP contribution in [0.2, 0.25) is 10.0 Å². The van der Waals surface area contributed by atoms with E-state index in [1.165, 1.54) is 6.21 Å². The fourth-order valence-electron chi connectivity index (χ4n) is 4.43. The molecule has 0 fully saturated rings. The third kappa shape index (κ3) is 7.95. The Morgan fingerprint density at radius 1 is 0.878 bits per heavy atom. The average Bonchev–Trinajstić information content (AvgIpc) is 2.90. The average molecular weight is 611 g/mol. The highest BCUT2D eigenvalue weighted by Gasteiger charge is 2.30. The number of para-hydroxylation sites is 1. The fraction of sp³-hybridized carbons (Fsp3) is 0.161. The topological polar surface area (TPSA) is 88.1 Å². The Morgan fingerprint density at radius 2 is 1.56 bits per heavy atom. The Hall–Kier alpha value is -3.69. The van der Waals surface area contributed by atoms with Crippen LogP contribution >= 0.6 is 23.2 Å². The van der Waals surface area contributed by atoms with Gasteiger partial charge >= 0.3 is 0 Å². The Morgan fingerprint density at radius 3 is 2.24 bits per heavy atom. The highest BCUT2D eigenvalue weighted by atomic mass is 35.5. The second-order valence-electron chi connectivity index (χ2n) is 9.53. The number of amides is 1. The molecule has 0 aliphatic rings. The zero-order valence-corrected chi connectivity index (χ0v) is 25.1. The summed E-state index contributed by atoms with van der Waals surface area (Å²) in [4.78, 5) is 13.1. The summed E-state index contributed by atoms with van der Waals surface area (Å²) >= 11 is 12.2. The molecule has 1 N–H and O–H groups in total. The van der Waals surface area contributed by atoms with Gasteiger partial charge in [-0.05, 0) is 79.4 Å². The summed E-state index contributed by atoms with van der Waals surface area (Å²) in [6.07, 6.45) is 1.46. The number of halogens is 2. The third-order valence-electron chi connectivity index (χ3n) is 6.11. The molecule has 0 saturated carbocycles. The first kappa shape index (κ1) is 30.3. The van der Waals surface area contributed by atoms with Crippen molar-refractivity contribution in [1.29, 1.82) is 0 Å². The molecular formula is C31H29Cl2N3O4S. The zero-order chi connectivity index (χ0) is 29.6. The first-order valence-electron chi connectivity index (χ1n) is 12.7. The number of aryl methyl sites for hydroxylation is 3. The molecule has 7 nitrogen and oxygen atoms in total. The van der Waals surface area contributed by atoms with Crippen molar-refractivity contribution in [1.82, 2.24) is 9.73 Å². The summed E-state index contributed by atoms with van der Waals surface area (Å²) < 4.78 is 34.7. The molecule has 0 heterocycles. The predicted molar refractivity (Wildman–Crippen MR) is 163 cm³/mol. The number of nitrogens with one attached hydrogen (secondary N) is 1. The van der Waals surface area contributed by atoms with Crippen LogP contribution in [0.5, 0.6) is 11.5 Å². The summed E-state index contributed by atoms with van der Waals surface area (Å²) in [5.74, 6) is 0.690. The van der Waals surface area contributed by atoms with Crippen LogP contribution in [0.3, 0.4) is 0 Å². The van der Waals surface area contributed by atoms with Crippen LogP contribution in [0.15, 0.2) is 94.9 Å². The van der Waals surface area contributed by atoms with E-state index < -0.39 is 22.5 Å². The number of sulfonamides is 1. The van der Waals surface area contributed by atoms with Crippen LogP contribution in [-0.4, -0.2) is 31.4 Å². The molecule has 0 aromatic heterocycles. The molecule has 4 aromatic rings. The van der Waals surface area contributed by atoms with E-state index in [1.54, 1.807) is 62.4 Å². The van der Waals surface area contributed by atoms with Gasteiger partial charge in [0, 0.05) is 6.54 Å². The molecule has 0 spiro atoms. The van der Waals surface area contributed by atoms with Crippen molar-refractivity contribution in [3.63, 3.8) is 0 Å². The van der Waals surface area contributed by atoms with E-state index in [0.29, 0.717) is 38.8 Å². The standard InChI is InChI=1S/C31H29Cl2N3O4S/c1-21-14-22(2)31(23(3)15-21)41(38,39)36(19-25-12-13-28(32)29(33)17-25)20-30(37)35-34-18-24-8-7-11-27(16-24)40-26-9-5-4-6-10-26/h4-18H,19-20H2,1-3H3,(H,35,37)/b34-18+. The lowest BCUT2D eigenvalue weighted by Crippen LogP contribution is -2.39. The summed E-state index contributed by atoms with van der Waals surface area (Å²) in [5, 5.41) is 4.67. The van der Waals surface area contributed by atoms with Gasteiger partial charge in [0.25, 0.3) is 5.91 Å². The minimum absolute atomic E-state index is 0.0953. The molecule has 212 valence electrons. The lowest BCUT2D eigenvalue weighted by molar-refractivity contribution is -0.121. The van der Waals surface area contributed by atoms with Crippen LogP contribution in [0, 0.1) is 20.8 Å². The fourth-order valence-corrected chi connectivity index (χ4v) is 6.54. The van der Waals surface area contributed by atoms with Crippen molar-refractivity contribution in [2.24, 2.45) is 5.10 Å². The second-order valence-corrected chi connectivity index (χ2v) is 12.2. The van der Waals surface area contributed by atoms with Gasteiger partial charge in [0.1, 0.15) is 11.5 Å². The molecule has 0 unspecified atom stereocenters. The molecule has 0 aliphatic carbocycles. The second kappa shape index (κ2) is 13.3. The number of hydrogen-bond acceptors (Lipinski definition) is 5. The van der Waals surface area contributed by atoms with Crippen LogP contribution < -0.4 is 10.2 Å². The molecule has 10 heteroatoms. The first-order chi connectivity index (χ1) is 19.5. The van der Waals surface area contributed by atoms with Gasteiger partial charge in [-0.2, -0.15) is 9.41 Å². The van der Waals surface area contributed by atoms with Gasteiger partial charge in [-0.25, -0.2) is 13.8 Å². The summed E-state index contributed by atoms with van der Waals surface area (Å²) in [7, 11) is -4.08. The number of carbonyl (C=O) groups is 1. The predicted octanol–water partition coefficient (Wildman–Crippen LogP) is 7.05. The molecule has 1 amide bonds. The molecule has 0 atom stereocenters. The molecule has 0 bridgehead atoms. The normalized spacial score (nSPS) is 11.7.